The summed E-state index contributed by atoms with van der Waals surface area (Å²) in [7, 11) is 0. The van der Waals surface area contributed by atoms with E-state index in [9.17, 15) is 4.79 Å². The van der Waals surface area contributed by atoms with Gasteiger partial charge in [-0.1, -0.05) is 0 Å². The van der Waals surface area contributed by atoms with Gasteiger partial charge >= 0.3 is 6.09 Å². The van der Waals surface area contributed by atoms with Gasteiger partial charge in [0.05, 0.1) is 24.1 Å². The molecule has 0 aliphatic carbocycles. The van der Waals surface area contributed by atoms with E-state index in [1.54, 1.807) is 11.1 Å². The molecular weight excluding hydrogens is 382 g/mol. The van der Waals surface area contributed by atoms with Gasteiger partial charge in [0, 0.05) is 18.0 Å². The van der Waals surface area contributed by atoms with Crippen LogP contribution in [0.25, 0.3) is 11.0 Å². The zero-order chi connectivity index (χ0) is 20.7. The molecule has 9 heteroatoms. The average molecular weight is 407 g/mol. The van der Waals surface area contributed by atoms with E-state index in [0.29, 0.717) is 18.3 Å². The van der Waals surface area contributed by atoms with Crippen molar-refractivity contribution < 1.29 is 9.53 Å². The Morgan fingerprint density at radius 3 is 2.93 bits per heavy atom. The first-order valence-corrected chi connectivity index (χ1v) is 10.3. The average Bonchev–Trinajstić information content (AvgIpc) is 3.16. The van der Waals surface area contributed by atoms with Crippen molar-refractivity contribution in [2.45, 2.75) is 38.7 Å². The number of anilines is 3. The number of pyridine rings is 1. The Labute approximate surface area is 174 Å². The van der Waals surface area contributed by atoms with Gasteiger partial charge < -0.3 is 20.4 Å². The molecule has 2 aliphatic rings. The van der Waals surface area contributed by atoms with Gasteiger partial charge in [-0.15, -0.1) is 0 Å². The lowest BCUT2D eigenvalue weighted by Gasteiger charge is -2.24. The topological polar surface area (TPSA) is 108 Å². The predicted octanol–water partition coefficient (Wildman–Crippen LogP) is 3.18. The van der Waals surface area contributed by atoms with Crippen LogP contribution in [0.5, 0.6) is 0 Å². The van der Waals surface area contributed by atoms with E-state index in [2.05, 4.69) is 30.6 Å². The summed E-state index contributed by atoms with van der Waals surface area (Å²) in [5.41, 5.74) is 3.15. The first-order chi connectivity index (χ1) is 14.5. The fraction of sp³-hybridized carbons (Fsp3) is 0.429. The number of hydrogen-bond donors (Lipinski definition) is 3. The van der Waals surface area contributed by atoms with Crippen LogP contribution in [0.2, 0.25) is 0 Å². The summed E-state index contributed by atoms with van der Waals surface area (Å²) in [5.74, 6) is 1.09. The molecule has 1 unspecified atom stereocenters. The van der Waals surface area contributed by atoms with Gasteiger partial charge in [0.1, 0.15) is 17.1 Å². The highest BCUT2D eigenvalue weighted by atomic mass is 16.6. The van der Waals surface area contributed by atoms with Gasteiger partial charge in [0.25, 0.3) is 0 Å². The molecule has 5 rings (SSSR count). The van der Waals surface area contributed by atoms with E-state index in [4.69, 9.17) is 4.74 Å². The van der Waals surface area contributed by atoms with Crippen molar-refractivity contribution in [1.82, 2.24) is 25.3 Å². The van der Waals surface area contributed by atoms with Crippen LogP contribution in [0.4, 0.5) is 22.2 Å². The van der Waals surface area contributed by atoms with Crippen LogP contribution < -0.4 is 15.5 Å². The van der Waals surface area contributed by atoms with Gasteiger partial charge in [-0.25, -0.2) is 14.8 Å². The van der Waals surface area contributed by atoms with Gasteiger partial charge in [0.2, 0.25) is 5.95 Å². The fourth-order valence-electron chi connectivity index (χ4n) is 4.37. The van der Waals surface area contributed by atoms with Crippen LogP contribution in [0.3, 0.4) is 0 Å². The smallest absolute Gasteiger partial charge is 0.415 e. The standard InChI is InChI=1S/C21H25N7O2/c1-13-10-24-18-17(13)14(2)25-19(27-18)26-16-5-4-15(11-23-16)28-12-21(30-20(28)29)6-3-8-22-9-7-21/h4-5,10-11,22H,3,6-9,12H2,1-2H3,(H2,23,24,25,26,27). The van der Waals surface area contributed by atoms with Gasteiger partial charge in [-0.3, -0.25) is 4.90 Å². The number of amides is 1. The summed E-state index contributed by atoms with van der Waals surface area (Å²) in [6.07, 6.45) is 6.03. The molecule has 2 fully saturated rings. The molecule has 3 aromatic heterocycles. The maximum Gasteiger partial charge on any atom is 0.415 e. The summed E-state index contributed by atoms with van der Waals surface area (Å²) in [6.45, 7) is 6.39. The number of carbonyl (C=O) groups excluding carboxylic acids is 1. The van der Waals surface area contributed by atoms with Crippen LogP contribution >= 0.6 is 0 Å². The van der Waals surface area contributed by atoms with Gasteiger partial charge in [0.15, 0.2) is 0 Å². The molecule has 3 aromatic rings. The number of H-pyrrole nitrogens is 1. The molecule has 3 N–H and O–H groups in total. The van der Waals surface area contributed by atoms with Crippen LogP contribution in [-0.4, -0.2) is 51.3 Å². The molecule has 1 amide bonds. The molecule has 0 saturated carbocycles. The molecule has 30 heavy (non-hydrogen) atoms. The minimum atomic E-state index is -0.396. The Morgan fingerprint density at radius 1 is 1.20 bits per heavy atom. The number of fused-ring (bicyclic) bond motifs is 1. The Morgan fingerprint density at radius 2 is 2.10 bits per heavy atom. The van der Waals surface area contributed by atoms with Gasteiger partial charge in [-0.2, -0.15) is 4.98 Å². The third-order valence-electron chi connectivity index (χ3n) is 5.92. The highest BCUT2D eigenvalue weighted by Crippen LogP contribution is 2.34. The number of hydrogen-bond acceptors (Lipinski definition) is 7. The van der Waals surface area contributed by atoms with E-state index in [1.165, 1.54) is 0 Å². The fourth-order valence-corrected chi connectivity index (χ4v) is 4.37. The monoisotopic (exact) mass is 407 g/mol. The number of nitrogens with one attached hydrogen (secondary N) is 3. The normalized spacial score (nSPS) is 21.8. The summed E-state index contributed by atoms with van der Waals surface area (Å²) in [4.78, 5) is 30.9. The molecular formula is C21H25N7O2. The minimum absolute atomic E-state index is 0.300. The van der Waals surface area contributed by atoms with Crippen molar-refractivity contribution in [3.8, 4) is 0 Å². The maximum atomic E-state index is 12.5. The number of nitrogens with zero attached hydrogens (tertiary/aromatic N) is 4. The van der Waals surface area contributed by atoms with E-state index < -0.39 is 5.60 Å². The summed E-state index contributed by atoms with van der Waals surface area (Å²) >= 11 is 0. The van der Waals surface area contributed by atoms with E-state index in [-0.39, 0.29) is 6.09 Å². The number of rotatable bonds is 3. The van der Waals surface area contributed by atoms with E-state index in [1.807, 2.05) is 32.2 Å². The zero-order valence-electron chi connectivity index (χ0n) is 17.2. The van der Waals surface area contributed by atoms with Crippen molar-refractivity contribution in [1.29, 1.82) is 0 Å². The third-order valence-corrected chi connectivity index (χ3v) is 5.92. The number of aromatic nitrogens is 4. The first kappa shape index (κ1) is 18.8. The van der Waals surface area contributed by atoms with Crippen molar-refractivity contribution in [3.05, 3.63) is 35.8 Å². The molecule has 1 atom stereocenters. The van der Waals surface area contributed by atoms with Crippen LogP contribution in [0.1, 0.15) is 30.5 Å². The van der Waals surface area contributed by atoms with E-state index >= 15 is 0 Å². The second kappa shape index (κ2) is 7.24. The van der Waals surface area contributed by atoms with Crippen molar-refractivity contribution in [3.63, 3.8) is 0 Å². The number of aromatic amines is 1. The molecule has 1 spiro atoms. The second-order valence-electron chi connectivity index (χ2n) is 8.10. The van der Waals surface area contributed by atoms with Crippen LogP contribution in [0.15, 0.2) is 24.5 Å². The largest absolute Gasteiger partial charge is 0.441 e. The predicted molar refractivity (Wildman–Crippen MR) is 114 cm³/mol. The summed E-state index contributed by atoms with van der Waals surface area (Å²) in [5, 5.41) is 7.56. The van der Waals surface area contributed by atoms with Crippen molar-refractivity contribution >= 4 is 34.6 Å². The maximum absolute atomic E-state index is 12.5. The van der Waals surface area contributed by atoms with Crippen LogP contribution in [0, 0.1) is 13.8 Å². The Bertz CT molecular complexity index is 1080. The molecule has 156 valence electrons. The lowest BCUT2D eigenvalue weighted by Crippen LogP contribution is -2.35. The lowest BCUT2D eigenvalue weighted by molar-refractivity contribution is 0.0470. The quantitative estimate of drug-likeness (QED) is 0.612. The molecule has 0 aromatic carbocycles. The number of carbonyl (C=O) groups is 1. The Balaban J connectivity index is 1.33. The van der Waals surface area contributed by atoms with Crippen molar-refractivity contribution in [2.24, 2.45) is 0 Å². The van der Waals surface area contributed by atoms with Gasteiger partial charge in [-0.05, 0) is 57.5 Å². The summed E-state index contributed by atoms with van der Waals surface area (Å²) < 4.78 is 5.80. The molecule has 0 radical (unpaired) electrons. The highest BCUT2D eigenvalue weighted by Gasteiger charge is 2.45. The number of ether oxygens (including phenoxy) is 1. The second-order valence-corrected chi connectivity index (χ2v) is 8.10. The Kier molecular flexibility index (Phi) is 4.54. The number of aryl methyl sites for hydroxylation is 2. The molecule has 0 bridgehead atoms. The third kappa shape index (κ3) is 3.35. The first-order valence-electron chi connectivity index (χ1n) is 10.3. The molecule has 2 saturated heterocycles. The molecule has 9 nitrogen and oxygen atoms in total. The van der Waals surface area contributed by atoms with Crippen molar-refractivity contribution in [2.75, 3.05) is 29.9 Å². The molecule has 5 heterocycles. The SMILES string of the molecule is Cc1c[nH]c2nc(Nc3ccc(N4CC5(CCCNCC5)OC4=O)cn3)nc(C)c12. The zero-order valence-corrected chi connectivity index (χ0v) is 17.2. The lowest BCUT2D eigenvalue weighted by atomic mass is 9.95. The minimum Gasteiger partial charge on any atom is -0.441 e. The highest BCUT2D eigenvalue weighted by molar-refractivity contribution is 5.90. The molecule has 2 aliphatic heterocycles. The van der Waals surface area contributed by atoms with E-state index in [0.717, 1.165) is 60.3 Å². The summed E-state index contributed by atoms with van der Waals surface area (Å²) in [6, 6.07) is 3.69. The Hall–Kier alpha value is -3.20. The van der Waals surface area contributed by atoms with Crippen LogP contribution in [-0.2, 0) is 4.74 Å².